The number of hydrogen-bond donors (Lipinski definition) is 0. The number of rotatable bonds is 2. The number of nitrogens with zero attached hydrogens (tertiary/aromatic N) is 2. The number of hydrogen-bond acceptors (Lipinski definition) is 2. The van der Waals surface area contributed by atoms with E-state index >= 15 is 0 Å². The predicted molar refractivity (Wildman–Crippen MR) is 86.2 cm³/mol. The quantitative estimate of drug-likeness (QED) is 0.789. The van der Waals surface area contributed by atoms with Crippen LogP contribution in [0.1, 0.15) is 22.7 Å². The van der Waals surface area contributed by atoms with Gasteiger partial charge in [0.05, 0.1) is 6.07 Å². The van der Waals surface area contributed by atoms with Gasteiger partial charge in [0.1, 0.15) is 6.04 Å². The van der Waals surface area contributed by atoms with Crippen molar-refractivity contribution in [1.29, 1.82) is 5.26 Å². The second kappa shape index (κ2) is 6.11. The van der Waals surface area contributed by atoms with Crippen molar-refractivity contribution in [2.24, 2.45) is 0 Å². The Kier molecular flexibility index (Phi) is 3.84. The Hall–Kier alpha value is -3.12. The highest BCUT2D eigenvalue weighted by Crippen LogP contribution is 2.29. The van der Waals surface area contributed by atoms with E-state index in [-0.39, 0.29) is 5.91 Å². The predicted octanol–water partition coefficient (Wildman–Crippen LogP) is 3.78. The first kappa shape index (κ1) is 13.8. The second-order valence-electron chi connectivity index (χ2n) is 4.97. The third-order valence-corrected chi connectivity index (χ3v) is 3.58. The van der Waals surface area contributed by atoms with Crippen molar-refractivity contribution in [2.45, 2.75) is 6.04 Å². The van der Waals surface area contributed by atoms with Gasteiger partial charge in [0.15, 0.2) is 0 Å². The van der Waals surface area contributed by atoms with E-state index in [4.69, 9.17) is 0 Å². The molecule has 1 aliphatic rings. The summed E-state index contributed by atoms with van der Waals surface area (Å²) >= 11 is 0. The molecule has 0 saturated heterocycles. The van der Waals surface area contributed by atoms with Crippen LogP contribution in [0, 0.1) is 11.3 Å². The zero-order valence-corrected chi connectivity index (χ0v) is 11.9. The molecule has 0 aliphatic carbocycles. The average molecular weight is 286 g/mol. The molecule has 2 aromatic carbocycles. The van der Waals surface area contributed by atoms with Gasteiger partial charge in [-0.15, -0.1) is 0 Å². The fourth-order valence-corrected chi connectivity index (χ4v) is 2.46. The van der Waals surface area contributed by atoms with Crippen LogP contribution < -0.4 is 0 Å². The molecule has 22 heavy (non-hydrogen) atoms. The maximum atomic E-state index is 12.4. The second-order valence-corrected chi connectivity index (χ2v) is 4.97. The molecule has 1 atom stereocenters. The van der Waals surface area contributed by atoms with Gasteiger partial charge in [-0.2, -0.15) is 5.26 Å². The molecule has 0 unspecified atom stereocenters. The first-order chi connectivity index (χ1) is 10.8. The Bertz CT molecular complexity index is 785. The van der Waals surface area contributed by atoms with Gasteiger partial charge in [-0.1, -0.05) is 54.6 Å². The molecule has 1 amide bonds. The molecule has 0 saturated carbocycles. The Morgan fingerprint density at radius 1 is 1.09 bits per heavy atom. The van der Waals surface area contributed by atoms with Crippen LogP contribution in [-0.2, 0) is 4.79 Å². The molecule has 106 valence electrons. The zero-order valence-electron chi connectivity index (χ0n) is 11.9. The smallest absolute Gasteiger partial charge is 0.251 e. The van der Waals surface area contributed by atoms with Crippen LogP contribution in [0.25, 0.3) is 12.2 Å². The van der Waals surface area contributed by atoms with Crippen LogP contribution in [0.15, 0.2) is 66.9 Å². The lowest BCUT2D eigenvalue weighted by atomic mass is 9.97. The summed E-state index contributed by atoms with van der Waals surface area (Å²) in [6, 6.07) is 18.9. The summed E-state index contributed by atoms with van der Waals surface area (Å²) < 4.78 is 0. The highest BCUT2D eigenvalue weighted by atomic mass is 16.2. The van der Waals surface area contributed by atoms with Crippen molar-refractivity contribution in [3.05, 3.63) is 83.6 Å². The van der Waals surface area contributed by atoms with E-state index in [1.54, 1.807) is 12.3 Å². The fraction of sp³-hybridized carbons (Fsp3) is 0.0526. The first-order valence-corrected chi connectivity index (χ1v) is 7.02. The minimum atomic E-state index is -0.589. The number of nitriles is 1. The third-order valence-electron chi connectivity index (χ3n) is 3.58. The summed E-state index contributed by atoms with van der Waals surface area (Å²) in [7, 11) is 0. The van der Waals surface area contributed by atoms with Crippen LogP contribution in [-0.4, -0.2) is 10.8 Å². The Balaban J connectivity index is 1.85. The van der Waals surface area contributed by atoms with Crippen LogP contribution in [0.4, 0.5) is 0 Å². The number of carbonyl (C=O) groups excluding carboxylic acids is 1. The van der Waals surface area contributed by atoms with Crippen molar-refractivity contribution >= 4 is 18.1 Å². The van der Waals surface area contributed by atoms with E-state index in [0.29, 0.717) is 0 Å². The Morgan fingerprint density at radius 3 is 2.59 bits per heavy atom. The SMILES string of the molecule is N#C[C@@H]1c2ccccc2C=CN1C(=O)/C=C/c1ccccc1. The van der Waals surface area contributed by atoms with Crippen molar-refractivity contribution in [3.8, 4) is 6.07 Å². The standard InChI is InChI=1S/C19H14N2O/c20-14-18-17-9-5-4-8-16(17)12-13-21(18)19(22)11-10-15-6-2-1-3-7-15/h1-13,18H/b11-10+/t18-/m1/s1. The lowest BCUT2D eigenvalue weighted by Crippen LogP contribution is -2.30. The van der Waals surface area contributed by atoms with Crippen molar-refractivity contribution in [2.75, 3.05) is 0 Å². The van der Waals surface area contributed by atoms with Crippen molar-refractivity contribution in [3.63, 3.8) is 0 Å². The van der Waals surface area contributed by atoms with Gasteiger partial charge in [-0.3, -0.25) is 9.69 Å². The summed E-state index contributed by atoms with van der Waals surface area (Å²) in [5.41, 5.74) is 2.78. The highest BCUT2D eigenvalue weighted by Gasteiger charge is 2.26. The van der Waals surface area contributed by atoms with Gasteiger partial charge in [0.25, 0.3) is 5.91 Å². The zero-order chi connectivity index (χ0) is 15.4. The lowest BCUT2D eigenvalue weighted by molar-refractivity contribution is -0.124. The van der Waals surface area contributed by atoms with Crippen LogP contribution in [0.3, 0.4) is 0 Å². The summed E-state index contributed by atoms with van der Waals surface area (Å²) in [6.07, 6.45) is 6.79. The molecular weight excluding hydrogens is 272 g/mol. The van der Waals surface area contributed by atoms with Crippen molar-refractivity contribution in [1.82, 2.24) is 4.90 Å². The number of fused-ring (bicyclic) bond motifs is 1. The van der Waals surface area contributed by atoms with Crippen LogP contribution in [0.2, 0.25) is 0 Å². The molecule has 1 heterocycles. The Labute approximate surface area is 129 Å². The molecule has 1 aliphatic heterocycles. The fourth-order valence-electron chi connectivity index (χ4n) is 2.46. The topological polar surface area (TPSA) is 44.1 Å². The van der Waals surface area contributed by atoms with Crippen LogP contribution in [0.5, 0.6) is 0 Å². The monoisotopic (exact) mass is 286 g/mol. The molecule has 0 spiro atoms. The highest BCUT2D eigenvalue weighted by molar-refractivity contribution is 5.94. The van der Waals surface area contributed by atoms with Crippen LogP contribution >= 0.6 is 0 Å². The molecule has 3 rings (SSSR count). The molecule has 3 heteroatoms. The van der Waals surface area contributed by atoms with E-state index in [0.717, 1.165) is 16.7 Å². The molecule has 0 N–H and O–H groups in total. The van der Waals surface area contributed by atoms with E-state index in [1.165, 1.54) is 11.0 Å². The summed E-state index contributed by atoms with van der Waals surface area (Å²) in [6.45, 7) is 0. The van der Waals surface area contributed by atoms with Gasteiger partial charge in [0, 0.05) is 12.3 Å². The number of amides is 1. The lowest BCUT2D eigenvalue weighted by Gasteiger charge is -2.27. The summed E-state index contributed by atoms with van der Waals surface area (Å²) in [5.74, 6) is -0.207. The average Bonchev–Trinajstić information content (AvgIpc) is 2.59. The number of benzene rings is 2. The minimum absolute atomic E-state index is 0.207. The number of carbonyl (C=O) groups is 1. The summed E-state index contributed by atoms with van der Waals surface area (Å²) in [5, 5.41) is 9.44. The normalized spacial score (nSPS) is 16.3. The van der Waals surface area contributed by atoms with Gasteiger partial charge in [-0.05, 0) is 28.8 Å². The Morgan fingerprint density at radius 2 is 1.82 bits per heavy atom. The van der Waals surface area contributed by atoms with Gasteiger partial charge in [-0.25, -0.2) is 0 Å². The minimum Gasteiger partial charge on any atom is -0.295 e. The van der Waals surface area contributed by atoms with E-state index in [9.17, 15) is 10.1 Å². The maximum absolute atomic E-state index is 12.4. The molecule has 0 aromatic heterocycles. The maximum Gasteiger partial charge on any atom is 0.251 e. The van der Waals surface area contributed by atoms with Gasteiger partial charge >= 0.3 is 0 Å². The molecule has 0 bridgehead atoms. The summed E-state index contributed by atoms with van der Waals surface area (Å²) in [4.78, 5) is 13.8. The van der Waals surface area contributed by atoms with Gasteiger partial charge in [0.2, 0.25) is 0 Å². The first-order valence-electron chi connectivity index (χ1n) is 7.02. The molecule has 3 nitrogen and oxygen atoms in total. The third kappa shape index (κ3) is 2.68. The van der Waals surface area contributed by atoms with E-state index < -0.39 is 6.04 Å². The van der Waals surface area contributed by atoms with E-state index in [2.05, 4.69) is 6.07 Å². The molecule has 0 fully saturated rings. The molecule has 0 radical (unpaired) electrons. The van der Waals surface area contributed by atoms with Crippen molar-refractivity contribution < 1.29 is 4.79 Å². The largest absolute Gasteiger partial charge is 0.295 e. The molecular formula is C19H14N2O. The molecule has 2 aromatic rings. The van der Waals surface area contributed by atoms with Gasteiger partial charge < -0.3 is 0 Å². The van der Waals surface area contributed by atoms with E-state index in [1.807, 2.05) is 60.7 Å².